The predicted octanol–water partition coefficient (Wildman–Crippen LogP) is 3.71. The van der Waals surface area contributed by atoms with Crippen molar-refractivity contribution in [3.8, 4) is 16.2 Å². The van der Waals surface area contributed by atoms with E-state index in [9.17, 15) is 18.3 Å². The fraction of sp³-hybridized carbons (Fsp3) is 0.190. The van der Waals surface area contributed by atoms with Gasteiger partial charge in [-0.2, -0.15) is 4.72 Å². The largest absolute Gasteiger partial charge is 0.497 e. The number of hydrogen-bond acceptors (Lipinski definition) is 5. The summed E-state index contributed by atoms with van der Waals surface area (Å²) >= 11 is 1.10. The number of hydrogen-bond donors (Lipinski definition) is 2. The zero-order valence-corrected chi connectivity index (χ0v) is 17.2. The van der Waals surface area contributed by atoms with Gasteiger partial charge in [0.15, 0.2) is 0 Å². The van der Waals surface area contributed by atoms with Gasteiger partial charge in [-0.05, 0) is 53.9 Å². The van der Waals surface area contributed by atoms with Gasteiger partial charge in [0, 0.05) is 10.8 Å². The lowest BCUT2D eigenvalue weighted by Gasteiger charge is -2.14. The fourth-order valence-corrected chi connectivity index (χ4v) is 6.12. The maximum Gasteiger partial charge on any atom is 0.325 e. The summed E-state index contributed by atoms with van der Waals surface area (Å²) in [6.45, 7) is 0. The molecule has 0 radical (unpaired) electrons. The number of carboxylic acids is 1. The first kappa shape index (κ1) is 19.6. The van der Waals surface area contributed by atoms with Crippen LogP contribution in [0.2, 0.25) is 0 Å². The number of nitrogens with one attached hydrogen (secondary N) is 1. The average Bonchev–Trinajstić information content (AvgIpc) is 3.22. The average molecular weight is 430 g/mol. The van der Waals surface area contributed by atoms with Gasteiger partial charge in [-0.15, -0.1) is 11.3 Å². The van der Waals surface area contributed by atoms with Crippen LogP contribution in [0.15, 0.2) is 70.9 Å². The van der Waals surface area contributed by atoms with E-state index in [4.69, 9.17) is 4.74 Å². The highest BCUT2D eigenvalue weighted by molar-refractivity contribution is 7.91. The van der Waals surface area contributed by atoms with E-state index in [0.717, 1.165) is 27.3 Å². The molecule has 1 fully saturated rings. The van der Waals surface area contributed by atoms with Crippen molar-refractivity contribution in [2.45, 2.75) is 22.1 Å². The Labute approximate surface area is 172 Å². The summed E-state index contributed by atoms with van der Waals surface area (Å²) in [7, 11) is -2.40. The van der Waals surface area contributed by atoms with Gasteiger partial charge in [0.1, 0.15) is 15.5 Å². The van der Waals surface area contributed by atoms with Crippen molar-refractivity contribution in [2.24, 2.45) is 0 Å². The smallest absolute Gasteiger partial charge is 0.325 e. The molecule has 4 rings (SSSR count). The van der Waals surface area contributed by atoms with Gasteiger partial charge >= 0.3 is 5.97 Å². The first-order chi connectivity index (χ1) is 13.9. The van der Waals surface area contributed by atoms with Crippen molar-refractivity contribution < 1.29 is 23.1 Å². The molecule has 2 N–H and O–H groups in total. The van der Waals surface area contributed by atoms with Gasteiger partial charge in [-0.3, -0.25) is 4.79 Å². The summed E-state index contributed by atoms with van der Waals surface area (Å²) in [5.74, 6) is -0.845. The van der Waals surface area contributed by atoms with E-state index >= 15 is 0 Å². The molecule has 150 valence electrons. The molecule has 1 heterocycles. The lowest BCUT2D eigenvalue weighted by molar-refractivity contribution is -0.140. The molecule has 0 aliphatic heterocycles. The van der Waals surface area contributed by atoms with Crippen LogP contribution in [0, 0.1) is 0 Å². The second-order valence-electron chi connectivity index (χ2n) is 6.90. The van der Waals surface area contributed by atoms with Crippen LogP contribution in [0.5, 0.6) is 5.75 Å². The number of sulfonamides is 1. The zero-order valence-electron chi connectivity index (χ0n) is 15.5. The SMILES string of the molecule is COc1ccc(-c2ccc(S(=O)(=O)N[C@]3(C(=O)O)C[C@H]3c3ccccc3)s2)cc1. The van der Waals surface area contributed by atoms with Gasteiger partial charge in [0.2, 0.25) is 0 Å². The third-order valence-electron chi connectivity index (χ3n) is 5.08. The van der Waals surface area contributed by atoms with Gasteiger partial charge in [0.05, 0.1) is 7.11 Å². The first-order valence-corrected chi connectivity index (χ1v) is 11.2. The molecule has 2 aromatic carbocycles. The Morgan fingerprint density at radius 3 is 2.41 bits per heavy atom. The molecule has 0 unspecified atom stereocenters. The van der Waals surface area contributed by atoms with Gasteiger partial charge in [-0.25, -0.2) is 8.42 Å². The molecule has 3 aromatic rings. The lowest BCUT2D eigenvalue weighted by atomic mass is 10.1. The van der Waals surface area contributed by atoms with Crippen molar-refractivity contribution in [1.29, 1.82) is 0 Å². The van der Waals surface area contributed by atoms with Crippen LogP contribution < -0.4 is 9.46 Å². The minimum atomic E-state index is -3.98. The van der Waals surface area contributed by atoms with Gasteiger partial charge in [-0.1, -0.05) is 30.3 Å². The van der Waals surface area contributed by atoms with Crippen molar-refractivity contribution in [3.63, 3.8) is 0 Å². The number of benzene rings is 2. The molecule has 0 amide bonds. The number of rotatable bonds is 7. The van der Waals surface area contributed by atoms with Crippen LogP contribution in [-0.4, -0.2) is 32.1 Å². The molecule has 6 nitrogen and oxygen atoms in total. The number of carboxylic acid groups (broad SMARTS) is 1. The van der Waals surface area contributed by atoms with Crippen molar-refractivity contribution in [1.82, 2.24) is 4.72 Å². The highest BCUT2D eigenvalue weighted by Gasteiger charge is 2.63. The molecular formula is C21H19NO5S2. The zero-order chi connectivity index (χ0) is 20.6. The third kappa shape index (κ3) is 3.66. The van der Waals surface area contributed by atoms with E-state index in [1.54, 1.807) is 25.3 Å². The van der Waals surface area contributed by atoms with E-state index in [-0.39, 0.29) is 10.6 Å². The summed E-state index contributed by atoms with van der Waals surface area (Å²) in [4.78, 5) is 12.7. The van der Waals surface area contributed by atoms with Gasteiger partial charge < -0.3 is 9.84 Å². The quantitative estimate of drug-likeness (QED) is 0.597. The van der Waals surface area contributed by atoms with E-state index < -0.39 is 27.4 Å². The number of carbonyl (C=O) groups is 1. The van der Waals surface area contributed by atoms with Crippen LogP contribution in [0.4, 0.5) is 0 Å². The normalized spacial score (nSPS) is 20.9. The Balaban J connectivity index is 1.59. The summed E-state index contributed by atoms with van der Waals surface area (Å²) in [5.41, 5.74) is 0.159. The highest BCUT2D eigenvalue weighted by Crippen LogP contribution is 2.52. The molecule has 1 aromatic heterocycles. The maximum absolute atomic E-state index is 12.9. The lowest BCUT2D eigenvalue weighted by Crippen LogP contribution is -2.44. The summed E-state index contributed by atoms with van der Waals surface area (Å²) in [6, 6.07) is 19.6. The standard InChI is InChI=1S/C21H19NO5S2/c1-27-16-9-7-15(8-10-16)18-11-12-19(28-18)29(25,26)22-21(20(23)24)13-17(21)14-5-3-2-4-6-14/h2-12,17,22H,13H2,1H3,(H,23,24)/t17-,21+/m0/s1. The summed E-state index contributed by atoms with van der Waals surface area (Å²) < 4.78 is 33.5. The van der Waals surface area contributed by atoms with Crippen LogP contribution in [0.3, 0.4) is 0 Å². The van der Waals surface area contributed by atoms with Crippen LogP contribution in [-0.2, 0) is 14.8 Å². The Morgan fingerprint density at radius 1 is 1.10 bits per heavy atom. The molecule has 0 spiro atoms. The van der Waals surface area contributed by atoms with E-state index in [0.29, 0.717) is 5.75 Å². The number of methoxy groups -OCH3 is 1. The molecule has 8 heteroatoms. The molecule has 1 aliphatic carbocycles. The summed E-state index contributed by atoms with van der Waals surface area (Å²) in [6.07, 6.45) is 0.224. The fourth-order valence-electron chi connectivity index (χ4n) is 3.41. The number of aliphatic carboxylic acids is 1. The Bertz CT molecular complexity index is 1140. The predicted molar refractivity (Wildman–Crippen MR) is 111 cm³/mol. The molecule has 2 atom stereocenters. The Kier molecular flexibility index (Phi) is 4.94. The number of thiophene rings is 1. The highest BCUT2D eigenvalue weighted by atomic mass is 32.2. The Hall–Kier alpha value is -2.68. The molecule has 0 bridgehead atoms. The Morgan fingerprint density at radius 2 is 1.79 bits per heavy atom. The van der Waals surface area contributed by atoms with Crippen molar-refractivity contribution >= 4 is 27.3 Å². The van der Waals surface area contributed by atoms with E-state index in [1.807, 2.05) is 42.5 Å². The van der Waals surface area contributed by atoms with E-state index in [2.05, 4.69) is 4.72 Å². The van der Waals surface area contributed by atoms with Crippen LogP contribution in [0.25, 0.3) is 10.4 Å². The first-order valence-electron chi connectivity index (χ1n) is 8.92. The summed E-state index contributed by atoms with van der Waals surface area (Å²) in [5, 5.41) is 9.74. The third-order valence-corrected chi connectivity index (χ3v) is 8.22. The minimum Gasteiger partial charge on any atom is -0.497 e. The molecule has 1 aliphatic rings. The molecule has 1 saturated carbocycles. The van der Waals surface area contributed by atoms with Crippen LogP contribution >= 0.6 is 11.3 Å². The van der Waals surface area contributed by atoms with Crippen LogP contribution in [0.1, 0.15) is 17.9 Å². The minimum absolute atomic E-state index is 0.0858. The molecular weight excluding hydrogens is 410 g/mol. The molecule has 0 saturated heterocycles. The van der Waals surface area contributed by atoms with E-state index in [1.165, 1.54) is 6.07 Å². The second kappa shape index (κ2) is 7.29. The monoisotopic (exact) mass is 429 g/mol. The van der Waals surface area contributed by atoms with Crippen molar-refractivity contribution in [2.75, 3.05) is 7.11 Å². The number of ether oxygens (including phenoxy) is 1. The topological polar surface area (TPSA) is 92.7 Å². The van der Waals surface area contributed by atoms with Crippen molar-refractivity contribution in [3.05, 3.63) is 72.3 Å². The van der Waals surface area contributed by atoms with Gasteiger partial charge in [0.25, 0.3) is 10.0 Å². The second-order valence-corrected chi connectivity index (χ2v) is 9.89. The molecule has 29 heavy (non-hydrogen) atoms. The maximum atomic E-state index is 12.9.